The molecule has 0 unspecified atom stereocenters. The third-order valence-electron chi connectivity index (χ3n) is 3.68. The van der Waals surface area contributed by atoms with Crippen molar-refractivity contribution >= 4 is 18.0 Å². The van der Waals surface area contributed by atoms with E-state index in [2.05, 4.69) is 4.74 Å². The molecule has 7 heteroatoms. The van der Waals surface area contributed by atoms with E-state index in [-0.39, 0.29) is 24.8 Å². The molecule has 1 aliphatic heterocycles. The number of fused-ring (bicyclic) bond motifs is 1. The molecule has 7 nitrogen and oxygen atoms in total. The number of ether oxygens (including phenoxy) is 4. The molecule has 0 atom stereocenters. The van der Waals surface area contributed by atoms with E-state index in [1.807, 2.05) is 18.2 Å². The van der Waals surface area contributed by atoms with Crippen molar-refractivity contribution in [1.29, 1.82) is 0 Å². The summed E-state index contributed by atoms with van der Waals surface area (Å²) < 4.78 is 20.6. The van der Waals surface area contributed by atoms with Crippen molar-refractivity contribution in [3.8, 4) is 11.5 Å². The molecular weight excluding hydrogens is 326 g/mol. The number of benzene rings is 1. The Morgan fingerprint density at radius 3 is 2.64 bits per heavy atom. The summed E-state index contributed by atoms with van der Waals surface area (Å²) in [6.07, 6.45) is 3.32. The molecule has 1 aliphatic rings. The van der Waals surface area contributed by atoms with Gasteiger partial charge in [-0.1, -0.05) is 6.07 Å². The monoisotopic (exact) mass is 349 g/mol. The Bertz CT molecular complexity index is 628. The van der Waals surface area contributed by atoms with Crippen LogP contribution in [0.25, 0.3) is 6.08 Å². The fourth-order valence-electron chi connectivity index (χ4n) is 2.30. The first-order valence-corrected chi connectivity index (χ1v) is 8.06. The Balaban J connectivity index is 2.00. The molecule has 0 N–H and O–H groups in total. The maximum Gasteiger partial charge on any atom is 0.307 e. The molecule has 1 amide bonds. The van der Waals surface area contributed by atoms with E-state index >= 15 is 0 Å². The smallest absolute Gasteiger partial charge is 0.307 e. The van der Waals surface area contributed by atoms with Crippen molar-refractivity contribution in [1.82, 2.24) is 4.90 Å². The van der Waals surface area contributed by atoms with Crippen LogP contribution in [0.15, 0.2) is 24.3 Å². The van der Waals surface area contributed by atoms with Gasteiger partial charge in [0, 0.05) is 26.3 Å². The fraction of sp³-hybridized carbons (Fsp3) is 0.444. The largest absolute Gasteiger partial charge is 0.486 e. The molecule has 2 rings (SSSR count). The number of esters is 1. The molecule has 136 valence electrons. The fourth-order valence-corrected chi connectivity index (χ4v) is 2.30. The molecule has 25 heavy (non-hydrogen) atoms. The van der Waals surface area contributed by atoms with Crippen LogP contribution in [-0.4, -0.2) is 63.9 Å². The van der Waals surface area contributed by atoms with Crippen LogP contribution in [0, 0.1) is 0 Å². The van der Waals surface area contributed by atoms with Gasteiger partial charge in [-0.2, -0.15) is 0 Å². The van der Waals surface area contributed by atoms with Crippen LogP contribution in [0.1, 0.15) is 12.0 Å². The van der Waals surface area contributed by atoms with E-state index in [4.69, 9.17) is 14.2 Å². The maximum atomic E-state index is 12.4. The van der Waals surface area contributed by atoms with E-state index in [0.717, 1.165) is 5.56 Å². The average molecular weight is 349 g/mol. The first-order valence-electron chi connectivity index (χ1n) is 8.06. The number of hydrogen-bond donors (Lipinski definition) is 0. The molecule has 0 saturated heterocycles. The quantitative estimate of drug-likeness (QED) is 0.523. The highest BCUT2D eigenvalue weighted by atomic mass is 16.6. The summed E-state index contributed by atoms with van der Waals surface area (Å²) in [4.78, 5) is 25.2. The SMILES string of the molecule is COCCN(CCC(=O)OC)C(=O)/C=C\c1ccc2c(c1)OCCO2. The summed E-state index contributed by atoms with van der Waals surface area (Å²) in [6, 6.07) is 5.50. The van der Waals surface area contributed by atoms with E-state index in [1.165, 1.54) is 13.2 Å². The minimum atomic E-state index is -0.356. The molecular formula is C18H23NO6. The van der Waals surface area contributed by atoms with Crippen molar-refractivity contribution < 1.29 is 28.5 Å². The van der Waals surface area contributed by atoms with Gasteiger partial charge in [-0.3, -0.25) is 9.59 Å². The van der Waals surface area contributed by atoms with Crippen LogP contribution in [0.2, 0.25) is 0 Å². The first kappa shape index (κ1) is 18.8. The highest BCUT2D eigenvalue weighted by Gasteiger charge is 2.14. The topological polar surface area (TPSA) is 74.3 Å². The van der Waals surface area contributed by atoms with E-state index in [9.17, 15) is 9.59 Å². The van der Waals surface area contributed by atoms with Gasteiger partial charge >= 0.3 is 5.97 Å². The summed E-state index contributed by atoms with van der Waals surface area (Å²) in [5, 5.41) is 0. The molecule has 0 radical (unpaired) electrons. The standard InChI is InChI=1S/C18H23NO6/c1-22-10-9-19(8-7-18(21)23-2)17(20)6-4-14-3-5-15-16(13-14)25-12-11-24-15/h3-6,13H,7-12H2,1-2H3/b6-4-. The van der Waals surface area contributed by atoms with Crippen molar-refractivity contribution in [2.45, 2.75) is 6.42 Å². The molecule has 0 aromatic heterocycles. The van der Waals surface area contributed by atoms with Gasteiger partial charge < -0.3 is 23.8 Å². The van der Waals surface area contributed by atoms with Gasteiger partial charge in [0.15, 0.2) is 11.5 Å². The van der Waals surface area contributed by atoms with Gasteiger partial charge in [-0.25, -0.2) is 0 Å². The summed E-state index contributed by atoms with van der Waals surface area (Å²) >= 11 is 0. The molecule has 1 aromatic carbocycles. The summed E-state index contributed by atoms with van der Waals surface area (Å²) in [5.41, 5.74) is 0.831. The molecule has 0 fully saturated rings. The van der Waals surface area contributed by atoms with Crippen molar-refractivity contribution in [2.75, 3.05) is 47.1 Å². The minimum Gasteiger partial charge on any atom is -0.486 e. The second kappa shape index (κ2) is 9.68. The van der Waals surface area contributed by atoms with Gasteiger partial charge in [-0.15, -0.1) is 0 Å². The van der Waals surface area contributed by atoms with Gasteiger partial charge in [0.05, 0.1) is 20.1 Å². The van der Waals surface area contributed by atoms with Gasteiger partial charge in [0.1, 0.15) is 13.2 Å². The highest BCUT2D eigenvalue weighted by molar-refractivity contribution is 5.92. The summed E-state index contributed by atoms with van der Waals surface area (Å²) in [5.74, 6) is 0.819. The van der Waals surface area contributed by atoms with Crippen LogP contribution in [0.3, 0.4) is 0 Å². The van der Waals surface area contributed by atoms with Crippen LogP contribution in [0.5, 0.6) is 11.5 Å². The molecule has 1 aromatic rings. The van der Waals surface area contributed by atoms with E-state index in [1.54, 1.807) is 18.1 Å². The van der Waals surface area contributed by atoms with Crippen LogP contribution in [0.4, 0.5) is 0 Å². The van der Waals surface area contributed by atoms with Crippen molar-refractivity contribution in [2.24, 2.45) is 0 Å². The number of amides is 1. The zero-order chi connectivity index (χ0) is 18.1. The number of rotatable bonds is 8. The summed E-state index contributed by atoms with van der Waals surface area (Å²) in [7, 11) is 2.89. The normalized spacial score (nSPS) is 12.9. The van der Waals surface area contributed by atoms with Gasteiger partial charge in [0.25, 0.3) is 0 Å². The Labute approximate surface area is 147 Å². The Morgan fingerprint density at radius 2 is 1.92 bits per heavy atom. The lowest BCUT2D eigenvalue weighted by atomic mass is 10.1. The third kappa shape index (κ3) is 5.79. The predicted octanol–water partition coefficient (Wildman–Crippen LogP) is 1.51. The molecule has 0 aliphatic carbocycles. The van der Waals surface area contributed by atoms with Crippen molar-refractivity contribution in [3.05, 3.63) is 29.8 Å². The first-order chi connectivity index (χ1) is 12.1. The lowest BCUT2D eigenvalue weighted by Crippen LogP contribution is -2.34. The number of carbonyl (C=O) groups excluding carboxylic acids is 2. The lowest BCUT2D eigenvalue weighted by Gasteiger charge is -2.20. The van der Waals surface area contributed by atoms with Crippen LogP contribution in [-0.2, 0) is 19.1 Å². The van der Waals surface area contributed by atoms with Crippen LogP contribution < -0.4 is 9.47 Å². The zero-order valence-corrected chi connectivity index (χ0v) is 14.5. The Hall–Kier alpha value is -2.54. The second-order valence-corrected chi connectivity index (χ2v) is 5.38. The zero-order valence-electron chi connectivity index (χ0n) is 14.5. The predicted molar refractivity (Wildman–Crippen MR) is 91.6 cm³/mol. The average Bonchev–Trinajstić information content (AvgIpc) is 2.65. The van der Waals surface area contributed by atoms with Gasteiger partial charge in [-0.05, 0) is 23.8 Å². The number of hydrogen-bond acceptors (Lipinski definition) is 6. The van der Waals surface area contributed by atoms with Crippen molar-refractivity contribution in [3.63, 3.8) is 0 Å². The minimum absolute atomic E-state index is 0.143. The summed E-state index contributed by atoms with van der Waals surface area (Å²) in [6.45, 7) is 2.12. The number of nitrogens with zero attached hydrogens (tertiary/aromatic N) is 1. The maximum absolute atomic E-state index is 12.4. The molecule has 0 saturated carbocycles. The third-order valence-corrected chi connectivity index (χ3v) is 3.68. The molecule has 0 spiro atoms. The number of carbonyl (C=O) groups is 2. The van der Waals surface area contributed by atoms with Gasteiger partial charge in [0.2, 0.25) is 5.91 Å². The molecule has 1 heterocycles. The van der Waals surface area contributed by atoms with E-state index < -0.39 is 0 Å². The Kier molecular flexibility index (Phi) is 7.28. The number of methoxy groups -OCH3 is 2. The second-order valence-electron chi connectivity index (χ2n) is 5.38. The Morgan fingerprint density at radius 1 is 1.16 bits per heavy atom. The van der Waals surface area contributed by atoms with E-state index in [0.29, 0.717) is 37.9 Å². The van der Waals surface area contributed by atoms with Crippen LogP contribution >= 0.6 is 0 Å². The lowest BCUT2D eigenvalue weighted by molar-refractivity contribution is -0.141. The molecule has 0 bridgehead atoms. The highest BCUT2D eigenvalue weighted by Crippen LogP contribution is 2.31.